The number of aliphatic hydroxyl groups is 1. The molecule has 0 aromatic carbocycles. The van der Waals surface area contributed by atoms with E-state index < -0.39 is 18.2 Å². The molecule has 4 bridgehead atoms. The Morgan fingerprint density at radius 1 is 1.00 bits per heavy atom. The molecule has 0 amide bonds. The molecule has 4 fully saturated rings. The van der Waals surface area contributed by atoms with Gasteiger partial charge in [-0.2, -0.15) is 12.8 Å². The minimum atomic E-state index is -4.55. The molecule has 7 heteroatoms. The molecule has 7 unspecified atom stereocenters. The van der Waals surface area contributed by atoms with Crippen molar-refractivity contribution in [3.8, 4) is 0 Å². The minimum absolute atomic E-state index is 0. The third-order valence-corrected chi connectivity index (χ3v) is 6.62. The summed E-state index contributed by atoms with van der Waals surface area (Å²) < 4.78 is 38.5. The average Bonchev–Trinajstić information content (AvgIpc) is 3.03. The van der Waals surface area contributed by atoms with E-state index >= 15 is 0 Å². The number of alkyl halides is 3. The predicted octanol–water partition coefficient (Wildman–Crippen LogP) is 3.98. The number of fused-ring (bicyclic) bond motifs is 9. The smallest absolute Gasteiger partial charge is 0.292 e. The molecule has 0 spiro atoms. The third kappa shape index (κ3) is 1.55. The molecule has 4 aliphatic rings. The zero-order valence-corrected chi connectivity index (χ0v) is 32.3. The Balaban J connectivity index is 0.000000807. The maximum absolute atomic E-state index is 12.8. The van der Waals surface area contributed by atoms with Crippen LogP contribution in [0.4, 0.5) is 13.2 Å². The van der Waals surface area contributed by atoms with Crippen LogP contribution in [-0.4, -0.2) is 11.3 Å². The quantitative estimate of drug-likeness (QED) is 0.312. The Bertz CT molecular complexity index is 406. The first-order valence-electron chi connectivity index (χ1n) is 7.36. The molecule has 4 aliphatic carbocycles. The van der Waals surface area contributed by atoms with Gasteiger partial charge in [0.15, 0.2) is 0 Å². The van der Waals surface area contributed by atoms with Crippen molar-refractivity contribution in [2.45, 2.75) is 38.8 Å². The Morgan fingerprint density at radius 2 is 1.55 bits per heavy atom. The molecule has 114 valence electrons. The molecule has 0 radical (unpaired) electrons. The minimum Gasteiger partial charge on any atom is -0.557 e. The first kappa shape index (κ1) is 16.8. The largest absolute Gasteiger partial charge is 0.557 e. The van der Waals surface area contributed by atoms with Crippen LogP contribution in [-0.2, 0) is 0 Å². The molecule has 0 aliphatic heterocycles. The summed E-state index contributed by atoms with van der Waals surface area (Å²) in [6.45, 7) is 1.85. The molecule has 1 N–H and O–H groups in total. The van der Waals surface area contributed by atoms with Gasteiger partial charge in [-0.15, -0.1) is 6.10 Å². The second-order valence-corrected chi connectivity index (χ2v) is 7.10. The molecule has 0 saturated heterocycles. The molecule has 4 rings (SSSR count). The third-order valence-electron chi connectivity index (χ3n) is 6.62. The van der Waals surface area contributed by atoms with Gasteiger partial charge in [-0.3, -0.25) is 5.92 Å². The van der Waals surface area contributed by atoms with E-state index in [1.807, 2.05) is 6.92 Å². The Hall–Kier alpha value is -3.25. The summed E-state index contributed by atoms with van der Waals surface area (Å²) in [4.78, 5) is 0. The van der Waals surface area contributed by atoms with Crippen LogP contribution in [0.25, 0.3) is 0 Å². The normalized spacial score (nSPS) is 45.3. The van der Waals surface area contributed by atoms with E-state index in [-0.39, 0.29) is 5.92 Å². The van der Waals surface area contributed by atoms with E-state index in [4.69, 9.17) is 0 Å². The van der Waals surface area contributed by atoms with Crippen molar-refractivity contribution in [1.29, 1.82) is 0 Å². The monoisotopic (exact) mass is 1070 g/mol. The van der Waals surface area contributed by atoms with Gasteiger partial charge in [0.2, 0.25) is 0 Å². The van der Waals surface area contributed by atoms with Gasteiger partial charge in [-0.1, -0.05) is 18.3 Å². The van der Waals surface area contributed by atoms with Crippen LogP contribution < -0.4 is 0 Å². The van der Waals surface area contributed by atoms with E-state index in [9.17, 15) is 18.3 Å². The number of rotatable bonds is 1. The van der Waals surface area contributed by atoms with Crippen LogP contribution in [0.15, 0.2) is 0 Å². The zero-order chi connectivity index (χ0) is 13.5. The van der Waals surface area contributed by atoms with E-state index in [1.165, 1.54) is 19.3 Å². The second kappa shape index (κ2) is 4.37. The van der Waals surface area contributed by atoms with Crippen molar-refractivity contribution >= 4 is 0 Å². The number of hydrogen-bond acceptors (Lipinski definition) is 1. The fourth-order valence-electron chi connectivity index (χ4n) is 6.23. The van der Waals surface area contributed by atoms with Crippen molar-refractivity contribution in [1.82, 2.24) is 0 Å². The van der Waals surface area contributed by atoms with Gasteiger partial charge >= 0.3 is 0 Å². The fraction of sp³-hybridized carbons (Fsp3) is 0.867. The number of aliphatic hydroxyl groups excluding tert-OH is 1. The summed E-state index contributed by atoms with van der Waals surface area (Å²) in [5.41, 5.74) is 0. The summed E-state index contributed by atoms with van der Waals surface area (Å²) in [6.07, 6.45) is -1.17. The molecule has 22 heavy (non-hydrogen) atoms. The predicted molar refractivity (Wildman–Crippen MR) is 63.0 cm³/mol. The van der Waals surface area contributed by atoms with Crippen molar-refractivity contribution in [3.05, 3.63) is 12.0 Å². The summed E-state index contributed by atoms with van der Waals surface area (Å²) in [5.74, 6) is 3.12. The van der Waals surface area contributed by atoms with E-state index in [0.29, 0.717) is 23.7 Å². The Morgan fingerprint density at radius 3 is 2.09 bits per heavy atom. The van der Waals surface area contributed by atoms with Gasteiger partial charge in [0.05, 0.1) is 0 Å². The SMILES string of the molecule is C[C-]1C2CC(C1[C-](O)C(F)(F)F)C1C3CCC(C3)C21.[Rf].[Rf].[Rf]. The fourth-order valence-corrected chi connectivity index (χ4v) is 6.23. The van der Waals surface area contributed by atoms with Crippen LogP contribution in [0.2, 0.25) is 0 Å². The molecular formula is C15H19F3ORf3-2. The summed E-state index contributed by atoms with van der Waals surface area (Å²) >= 11 is 0. The standard InChI is InChI=1S/C15H19F3O.3Rf/c1-6-9-5-10(11(6)14(19)15(16,17)18)13-8-3-2-7(4-8)12(9)13;;;/h7-13,19H,2-5H2,1H3;;;/q-2;;;. The van der Waals surface area contributed by atoms with Crippen molar-refractivity contribution in [2.24, 2.45) is 41.4 Å². The van der Waals surface area contributed by atoms with Crippen LogP contribution in [0.1, 0.15) is 32.6 Å². The van der Waals surface area contributed by atoms with Gasteiger partial charge in [0, 0.05) is 0 Å². The molecule has 0 aromatic rings. The van der Waals surface area contributed by atoms with Gasteiger partial charge in [0.25, 0.3) is 6.18 Å². The zero-order valence-electron chi connectivity index (χ0n) is 13.1. The van der Waals surface area contributed by atoms with Crippen LogP contribution in [0, 0.1) is 53.4 Å². The summed E-state index contributed by atoms with van der Waals surface area (Å²) in [6, 6.07) is 0. The molecule has 4 saturated carbocycles. The number of halogens is 3. The first-order chi connectivity index (χ1) is 8.89. The van der Waals surface area contributed by atoms with Gasteiger partial charge in [-0.25, -0.2) is 13.2 Å². The van der Waals surface area contributed by atoms with Crippen molar-refractivity contribution in [2.75, 3.05) is 0 Å². The molecular weight excluding hydrogens is 1050 g/mol. The maximum atomic E-state index is 12.8. The summed E-state index contributed by atoms with van der Waals surface area (Å²) in [7, 11) is 0. The summed E-state index contributed by atoms with van der Waals surface area (Å²) in [5, 5.41) is 9.64. The van der Waals surface area contributed by atoms with Gasteiger partial charge < -0.3 is 11.0 Å². The van der Waals surface area contributed by atoms with E-state index in [1.54, 1.807) is 0 Å². The Labute approximate surface area is 111 Å². The Kier molecular flexibility index (Phi) is 3.34. The van der Waals surface area contributed by atoms with Crippen LogP contribution in [0.3, 0.4) is 0 Å². The topological polar surface area (TPSA) is 20.2 Å². The van der Waals surface area contributed by atoms with Gasteiger partial charge in [-0.05, 0) is 37.0 Å². The van der Waals surface area contributed by atoms with Crippen molar-refractivity contribution < 1.29 is 18.3 Å². The van der Waals surface area contributed by atoms with Crippen LogP contribution in [0.5, 0.6) is 0 Å². The van der Waals surface area contributed by atoms with Crippen molar-refractivity contribution in [3.63, 3.8) is 0 Å². The van der Waals surface area contributed by atoms with E-state index in [2.05, 4.69) is 0 Å². The maximum Gasteiger partial charge on any atom is 0.292 e. The van der Waals surface area contributed by atoms with E-state index in [0.717, 1.165) is 18.3 Å². The molecule has 7 atom stereocenters. The molecule has 0 heterocycles. The van der Waals surface area contributed by atoms with Gasteiger partial charge in [0.1, 0.15) is 0 Å². The van der Waals surface area contributed by atoms with Crippen LogP contribution >= 0.6 is 0 Å². The molecule has 0 aromatic heterocycles. The second-order valence-electron chi connectivity index (χ2n) is 7.10. The average molecular weight is 1070 g/mol. The molecule has 1 nitrogen and oxygen atoms in total. The first-order valence-corrected chi connectivity index (χ1v) is 7.36. The number of hydrogen-bond donors (Lipinski definition) is 1.